The van der Waals surface area contributed by atoms with E-state index in [4.69, 9.17) is 5.73 Å². The minimum atomic E-state index is 0. The van der Waals surface area contributed by atoms with Crippen LogP contribution < -0.4 is 5.73 Å². The number of hydrogen-bond donors (Lipinski definition) is 1. The summed E-state index contributed by atoms with van der Waals surface area (Å²) in [4.78, 5) is 6.38. The van der Waals surface area contributed by atoms with Crippen molar-refractivity contribution in [3.63, 3.8) is 0 Å². The average Bonchev–Trinajstić information content (AvgIpc) is 2.53. The van der Waals surface area contributed by atoms with Crippen molar-refractivity contribution in [2.75, 3.05) is 13.1 Å². The van der Waals surface area contributed by atoms with Crippen molar-refractivity contribution in [1.29, 1.82) is 0 Å². The van der Waals surface area contributed by atoms with Gasteiger partial charge in [0.05, 0.1) is 0 Å². The zero-order valence-electron chi connectivity index (χ0n) is 8.10. The molecule has 14 heavy (non-hydrogen) atoms. The fourth-order valence-electron chi connectivity index (χ4n) is 1.75. The van der Waals surface area contributed by atoms with E-state index >= 15 is 0 Å². The normalized spacial score (nSPS) is 21.9. The number of nitrogens with zero attached hydrogens (tertiary/aromatic N) is 2. The van der Waals surface area contributed by atoms with Gasteiger partial charge in [0.1, 0.15) is 0 Å². The first kappa shape index (κ1) is 11.4. The number of pyridine rings is 1. The van der Waals surface area contributed by atoms with E-state index in [9.17, 15) is 0 Å². The van der Waals surface area contributed by atoms with Crippen LogP contribution >= 0.6 is 12.4 Å². The standard InChI is InChI=1S/C10H15N3.ClH/c11-10-3-6-13(8-10)7-9-1-4-12-5-2-9;/h1-2,4-5,10H,3,6-8,11H2;1H. The predicted octanol–water partition coefficient (Wildman–Crippen LogP) is 1.04. The lowest BCUT2D eigenvalue weighted by Crippen LogP contribution is -2.26. The van der Waals surface area contributed by atoms with Gasteiger partial charge < -0.3 is 5.73 Å². The highest BCUT2D eigenvalue weighted by Crippen LogP contribution is 2.10. The Bertz CT molecular complexity index is 265. The molecule has 1 atom stereocenters. The Morgan fingerprint density at radius 3 is 2.71 bits per heavy atom. The van der Waals surface area contributed by atoms with Gasteiger partial charge >= 0.3 is 0 Å². The molecule has 0 spiro atoms. The maximum Gasteiger partial charge on any atom is 0.0271 e. The Labute approximate surface area is 90.7 Å². The van der Waals surface area contributed by atoms with Crippen LogP contribution in [0.15, 0.2) is 24.5 Å². The molecule has 0 amide bonds. The summed E-state index contributed by atoms with van der Waals surface area (Å²) in [5, 5.41) is 0. The van der Waals surface area contributed by atoms with Gasteiger partial charge in [-0.2, -0.15) is 0 Å². The first-order valence-electron chi connectivity index (χ1n) is 4.71. The molecule has 0 saturated carbocycles. The Hall–Kier alpha value is -0.640. The highest BCUT2D eigenvalue weighted by molar-refractivity contribution is 5.85. The van der Waals surface area contributed by atoms with Crippen LogP contribution in [0.4, 0.5) is 0 Å². The lowest BCUT2D eigenvalue weighted by molar-refractivity contribution is 0.327. The van der Waals surface area contributed by atoms with Crippen LogP contribution in [0.2, 0.25) is 0 Å². The van der Waals surface area contributed by atoms with Gasteiger partial charge in [-0.3, -0.25) is 9.88 Å². The molecule has 0 aromatic carbocycles. The quantitative estimate of drug-likeness (QED) is 0.798. The Kier molecular flexibility index (Phi) is 4.32. The van der Waals surface area contributed by atoms with Crippen LogP contribution in [-0.4, -0.2) is 29.0 Å². The van der Waals surface area contributed by atoms with Crippen molar-refractivity contribution < 1.29 is 0 Å². The van der Waals surface area contributed by atoms with E-state index in [0.29, 0.717) is 6.04 Å². The van der Waals surface area contributed by atoms with Gasteiger partial charge in [-0.05, 0) is 24.1 Å². The van der Waals surface area contributed by atoms with Crippen LogP contribution in [0.3, 0.4) is 0 Å². The molecule has 1 aliphatic rings. The first-order valence-corrected chi connectivity index (χ1v) is 4.71. The predicted molar refractivity (Wildman–Crippen MR) is 59.4 cm³/mol. The van der Waals surface area contributed by atoms with E-state index in [1.165, 1.54) is 5.56 Å². The van der Waals surface area contributed by atoms with Crippen molar-refractivity contribution in [3.8, 4) is 0 Å². The molecular weight excluding hydrogens is 198 g/mol. The highest BCUT2D eigenvalue weighted by Gasteiger charge is 2.18. The minimum Gasteiger partial charge on any atom is -0.326 e. The maximum absolute atomic E-state index is 5.82. The summed E-state index contributed by atoms with van der Waals surface area (Å²) in [6, 6.07) is 4.50. The molecule has 1 aliphatic heterocycles. The molecule has 1 aromatic rings. The molecule has 2 rings (SSSR count). The number of likely N-dealkylation sites (tertiary alicyclic amines) is 1. The Morgan fingerprint density at radius 2 is 2.14 bits per heavy atom. The number of hydrogen-bond acceptors (Lipinski definition) is 3. The summed E-state index contributed by atoms with van der Waals surface area (Å²) in [5.74, 6) is 0. The van der Waals surface area contributed by atoms with Gasteiger partial charge in [0.2, 0.25) is 0 Å². The second-order valence-corrected chi connectivity index (χ2v) is 3.64. The zero-order chi connectivity index (χ0) is 9.10. The van der Waals surface area contributed by atoms with Gasteiger partial charge in [0.15, 0.2) is 0 Å². The van der Waals surface area contributed by atoms with Gasteiger partial charge in [0.25, 0.3) is 0 Å². The average molecular weight is 214 g/mol. The van der Waals surface area contributed by atoms with Crippen molar-refractivity contribution in [2.45, 2.75) is 19.0 Å². The fraction of sp³-hybridized carbons (Fsp3) is 0.500. The van der Waals surface area contributed by atoms with Gasteiger partial charge in [-0.1, -0.05) is 0 Å². The molecule has 1 unspecified atom stereocenters. The van der Waals surface area contributed by atoms with E-state index in [0.717, 1.165) is 26.1 Å². The third-order valence-electron chi connectivity index (χ3n) is 2.46. The number of aromatic nitrogens is 1. The van der Waals surface area contributed by atoms with Gasteiger partial charge in [0, 0.05) is 38.1 Å². The molecule has 0 aliphatic carbocycles. The SMILES string of the molecule is Cl.NC1CCN(Cc2ccncc2)C1. The molecule has 4 heteroatoms. The molecular formula is C10H16ClN3. The fourth-order valence-corrected chi connectivity index (χ4v) is 1.75. The molecule has 2 N–H and O–H groups in total. The molecule has 1 fully saturated rings. The summed E-state index contributed by atoms with van der Waals surface area (Å²) < 4.78 is 0. The second kappa shape index (κ2) is 5.29. The van der Waals surface area contributed by atoms with Crippen molar-refractivity contribution in [2.24, 2.45) is 5.73 Å². The Balaban J connectivity index is 0.000000980. The van der Waals surface area contributed by atoms with Gasteiger partial charge in [-0.15, -0.1) is 12.4 Å². The van der Waals surface area contributed by atoms with Crippen LogP contribution in [0.1, 0.15) is 12.0 Å². The summed E-state index contributed by atoms with van der Waals surface area (Å²) >= 11 is 0. The van der Waals surface area contributed by atoms with Gasteiger partial charge in [-0.25, -0.2) is 0 Å². The molecule has 0 bridgehead atoms. The van der Waals surface area contributed by atoms with Crippen molar-refractivity contribution in [1.82, 2.24) is 9.88 Å². The largest absolute Gasteiger partial charge is 0.326 e. The zero-order valence-corrected chi connectivity index (χ0v) is 8.91. The number of halogens is 1. The molecule has 78 valence electrons. The minimum absolute atomic E-state index is 0. The van der Waals surface area contributed by atoms with Crippen molar-refractivity contribution in [3.05, 3.63) is 30.1 Å². The van der Waals surface area contributed by atoms with E-state index in [1.807, 2.05) is 12.4 Å². The molecule has 1 saturated heterocycles. The van der Waals surface area contributed by atoms with Crippen molar-refractivity contribution >= 4 is 12.4 Å². The van der Waals surface area contributed by atoms with Crippen LogP contribution in [0.25, 0.3) is 0 Å². The smallest absolute Gasteiger partial charge is 0.0271 e. The molecule has 3 nitrogen and oxygen atoms in total. The first-order chi connectivity index (χ1) is 6.34. The Morgan fingerprint density at radius 1 is 1.43 bits per heavy atom. The van der Waals surface area contributed by atoms with E-state index in [1.54, 1.807) is 0 Å². The topological polar surface area (TPSA) is 42.1 Å². The van der Waals surface area contributed by atoms with E-state index < -0.39 is 0 Å². The monoisotopic (exact) mass is 213 g/mol. The molecule has 1 aromatic heterocycles. The summed E-state index contributed by atoms with van der Waals surface area (Å²) in [6.45, 7) is 3.17. The lowest BCUT2D eigenvalue weighted by atomic mass is 10.2. The third-order valence-corrected chi connectivity index (χ3v) is 2.46. The van der Waals surface area contributed by atoms with Crippen LogP contribution in [-0.2, 0) is 6.54 Å². The summed E-state index contributed by atoms with van der Waals surface area (Å²) in [6.07, 6.45) is 4.81. The molecule has 2 heterocycles. The van der Waals surface area contributed by atoms with E-state index in [2.05, 4.69) is 22.0 Å². The van der Waals surface area contributed by atoms with Crippen LogP contribution in [0.5, 0.6) is 0 Å². The van der Waals surface area contributed by atoms with E-state index in [-0.39, 0.29) is 12.4 Å². The highest BCUT2D eigenvalue weighted by atomic mass is 35.5. The lowest BCUT2D eigenvalue weighted by Gasteiger charge is -2.14. The number of rotatable bonds is 2. The third kappa shape index (κ3) is 2.94. The van der Waals surface area contributed by atoms with Crippen LogP contribution in [0, 0.1) is 0 Å². The number of nitrogens with two attached hydrogens (primary N) is 1. The summed E-state index contributed by atoms with van der Waals surface area (Å²) in [7, 11) is 0. The molecule has 0 radical (unpaired) electrons. The maximum atomic E-state index is 5.82. The second-order valence-electron chi connectivity index (χ2n) is 3.64. The summed E-state index contributed by atoms with van der Waals surface area (Å²) in [5.41, 5.74) is 7.15.